The van der Waals surface area contributed by atoms with Crippen LogP contribution in [0.25, 0.3) is 11.4 Å². The van der Waals surface area contributed by atoms with Gasteiger partial charge in [-0.2, -0.15) is 5.90 Å². The molecule has 2 aromatic carbocycles. The molecule has 4 N–H and O–H groups in total. The Kier molecular flexibility index (Phi) is 4.64. The summed E-state index contributed by atoms with van der Waals surface area (Å²) < 4.78 is 3.59. The maximum Gasteiger partial charge on any atom is 0.327 e. The second-order valence-electron chi connectivity index (χ2n) is 7.43. The van der Waals surface area contributed by atoms with E-state index in [9.17, 15) is 4.79 Å². The minimum Gasteiger partial charge on any atom is -0.412 e. The number of aliphatic imine (C=N–C) groups is 1. The SMILES string of the molecule is Cc1ccc(Cn2c3c([nH]c2=O)-c2ncn(Cc4ccc(ON)cc4)c2N=CN3)cc1. The molecule has 4 aromatic rings. The Labute approximate surface area is 177 Å². The van der Waals surface area contributed by atoms with Gasteiger partial charge >= 0.3 is 5.69 Å². The molecule has 1 aliphatic heterocycles. The molecule has 0 saturated carbocycles. The van der Waals surface area contributed by atoms with E-state index in [-0.39, 0.29) is 5.69 Å². The van der Waals surface area contributed by atoms with Crippen LogP contribution in [0.4, 0.5) is 11.6 Å². The zero-order valence-corrected chi connectivity index (χ0v) is 16.9. The summed E-state index contributed by atoms with van der Waals surface area (Å²) in [7, 11) is 0. The highest BCUT2D eigenvalue weighted by Gasteiger charge is 2.23. The smallest absolute Gasteiger partial charge is 0.327 e. The number of fused-ring (bicyclic) bond motifs is 3. The third kappa shape index (κ3) is 3.51. The number of aryl methyl sites for hydroxylation is 1. The monoisotopic (exact) mass is 415 g/mol. The van der Waals surface area contributed by atoms with Crippen LogP contribution in [0.2, 0.25) is 0 Å². The Morgan fingerprint density at radius 2 is 1.74 bits per heavy atom. The number of hydrogen-bond acceptors (Lipinski definition) is 6. The van der Waals surface area contributed by atoms with Crippen molar-refractivity contribution in [2.45, 2.75) is 20.0 Å². The Morgan fingerprint density at radius 3 is 2.48 bits per heavy atom. The molecule has 2 aromatic heterocycles. The van der Waals surface area contributed by atoms with E-state index in [2.05, 4.69) is 20.3 Å². The normalized spacial score (nSPS) is 12.1. The average molecular weight is 415 g/mol. The van der Waals surface area contributed by atoms with E-state index in [1.54, 1.807) is 29.4 Å². The lowest BCUT2D eigenvalue weighted by Crippen LogP contribution is -2.19. The van der Waals surface area contributed by atoms with Gasteiger partial charge in [0, 0.05) is 0 Å². The highest BCUT2D eigenvalue weighted by atomic mass is 16.6. The fraction of sp³-hybridized carbons (Fsp3) is 0.136. The number of imidazole rings is 2. The van der Waals surface area contributed by atoms with E-state index in [1.165, 1.54) is 5.56 Å². The molecule has 5 rings (SSSR count). The first-order chi connectivity index (χ1) is 15.1. The largest absolute Gasteiger partial charge is 0.412 e. The predicted octanol–water partition coefficient (Wildman–Crippen LogP) is 2.78. The number of nitrogens with one attached hydrogen (secondary N) is 2. The number of nitrogens with two attached hydrogens (primary N) is 1. The Morgan fingerprint density at radius 1 is 1.03 bits per heavy atom. The maximum atomic E-state index is 12.7. The first-order valence-corrected chi connectivity index (χ1v) is 9.81. The number of anilines is 1. The molecule has 9 nitrogen and oxygen atoms in total. The van der Waals surface area contributed by atoms with E-state index in [0.29, 0.717) is 41.9 Å². The van der Waals surface area contributed by atoms with Gasteiger partial charge in [-0.25, -0.2) is 14.8 Å². The van der Waals surface area contributed by atoms with Crippen LogP contribution in [0.1, 0.15) is 16.7 Å². The molecule has 1 aliphatic rings. The quantitative estimate of drug-likeness (QED) is 0.434. The van der Waals surface area contributed by atoms with Gasteiger partial charge in [0.15, 0.2) is 5.82 Å². The van der Waals surface area contributed by atoms with Crippen molar-refractivity contribution in [3.8, 4) is 17.1 Å². The van der Waals surface area contributed by atoms with E-state index in [1.807, 2.05) is 47.9 Å². The maximum absolute atomic E-state index is 12.7. The minimum absolute atomic E-state index is 0.203. The number of aromatic nitrogens is 4. The molecular weight excluding hydrogens is 394 g/mol. The summed E-state index contributed by atoms with van der Waals surface area (Å²) in [6.45, 7) is 3.04. The zero-order valence-electron chi connectivity index (χ0n) is 16.9. The summed E-state index contributed by atoms with van der Waals surface area (Å²) in [6.07, 6.45) is 3.31. The lowest BCUT2D eigenvalue weighted by Gasteiger charge is -2.07. The predicted molar refractivity (Wildman–Crippen MR) is 119 cm³/mol. The molecule has 0 aliphatic carbocycles. The van der Waals surface area contributed by atoms with Crippen LogP contribution in [0.3, 0.4) is 0 Å². The number of H-pyrrole nitrogens is 1. The topological polar surface area (TPSA) is 115 Å². The third-order valence-electron chi connectivity index (χ3n) is 5.29. The Bertz CT molecular complexity index is 1310. The fourth-order valence-corrected chi connectivity index (χ4v) is 3.65. The third-order valence-corrected chi connectivity index (χ3v) is 5.29. The van der Waals surface area contributed by atoms with Gasteiger partial charge in [0.05, 0.1) is 25.8 Å². The fourth-order valence-electron chi connectivity index (χ4n) is 3.65. The van der Waals surface area contributed by atoms with E-state index >= 15 is 0 Å². The summed E-state index contributed by atoms with van der Waals surface area (Å²) in [5.41, 5.74) is 4.29. The number of nitrogens with zero attached hydrogens (tertiary/aromatic N) is 4. The van der Waals surface area contributed by atoms with Crippen molar-refractivity contribution in [3.63, 3.8) is 0 Å². The van der Waals surface area contributed by atoms with Crippen LogP contribution in [-0.2, 0) is 13.1 Å². The van der Waals surface area contributed by atoms with Crippen LogP contribution in [0.5, 0.6) is 5.75 Å². The lowest BCUT2D eigenvalue weighted by molar-refractivity contribution is 0.334. The number of hydrogen-bond donors (Lipinski definition) is 3. The molecular formula is C22H21N7O2. The molecule has 0 bridgehead atoms. The standard InChI is InChI=1S/C22H21N7O2/c1-14-2-4-16(5-3-14)11-29-21-19(27-22(29)30)18-20(24-12-25-21)28(13-26-18)10-15-6-8-17(31-23)9-7-15/h2-9,12-13H,10-11,23H2,1H3,(H,24,25)(H,27,30). The first kappa shape index (κ1) is 18.9. The van der Waals surface area contributed by atoms with Crippen LogP contribution >= 0.6 is 0 Å². The molecule has 0 unspecified atom stereocenters. The first-order valence-electron chi connectivity index (χ1n) is 9.81. The van der Waals surface area contributed by atoms with Crippen LogP contribution in [0, 0.1) is 6.92 Å². The zero-order chi connectivity index (χ0) is 21.4. The number of benzene rings is 2. The van der Waals surface area contributed by atoms with Crippen molar-refractivity contribution >= 4 is 18.0 Å². The van der Waals surface area contributed by atoms with Gasteiger partial charge in [0.2, 0.25) is 0 Å². The van der Waals surface area contributed by atoms with E-state index in [0.717, 1.165) is 11.1 Å². The molecule has 0 spiro atoms. The highest BCUT2D eigenvalue weighted by molar-refractivity contribution is 5.90. The minimum atomic E-state index is -0.203. The number of aromatic amines is 1. The van der Waals surface area contributed by atoms with Crippen molar-refractivity contribution in [2.24, 2.45) is 10.9 Å². The lowest BCUT2D eigenvalue weighted by atomic mass is 10.1. The molecule has 156 valence electrons. The average Bonchev–Trinajstić information content (AvgIpc) is 3.25. The Balaban J connectivity index is 1.49. The molecule has 0 fully saturated rings. The van der Waals surface area contributed by atoms with Gasteiger partial charge < -0.3 is 19.7 Å². The molecule has 0 saturated heterocycles. The van der Waals surface area contributed by atoms with Crippen molar-refractivity contribution in [2.75, 3.05) is 5.32 Å². The summed E-state index contributed by atoms with van der Waals surface area (Å²) in [4.78, 5) is 29.5. The molecule has 9 heteroatoms. The highest BCUT2D eigenvalue weighted by Crippen LogP contribution is 2.34. The molecule has 31 heavy (non-hydrogen) atoms. The second-order valence-corrected chi connectivity index (χ2v) is 7.43. The van der Waals surface area contributed by atoms with Crippen molar-refractivity contribution in [3.05, 3.63) is 82.0 Å². The summed E-state index contributed by atoms with van der Waals surface area (Å²) in [5.74, 6) is 7.08. The summed E-state index contributed by atoms with van der Waals surface area (Å²) in [6, 6.07) is 15.6. The van der Waals surface area contributed by atoms with Gasteiger partial charge in [-0.1, -0.05) is 42.0 Å². The van der Waals surface area contributed by atoms with Gasteiger partial charge in [0.1, 0.15) is 23.0 Å². The molecule has 0 amide bonds. The van der Waals surface area contributed by atoms with Crippen molar-refractivity contribution in [1.82, 2.24) is 19.1 Å². The van der Waals surface area contributed by atoms with Gasteiger partial charge in [-0.3, -0.25) is 4.57 Å². The van der Waals surface area contributed by atoms with Gasteiger partial charge in [-0.05, 0) is 30.2 Å². The molecule has 0 atom stereocenters. The van der Waals surface area contributed by atoms with E-state index in [4.69, 9.17) is 10.7 Å². The molecule has 0 radical (unpaired) electrons. The molecule has 3 heterocycles. The van der Waals surface area contributed by atoms with Crippen LogP contribution in [-0.4, -0.2) is 25.4 Å². The van der Waals surface area contributed by atoms with Crippen molar-refractivity contribution < 1.29 is 4.84 Å². The van der Waals surface area contributed by atoms with Gasteiger partial charge in [0.25, 0.3) is 0 Å². The van der Waals surface area contributed by atoms with Crippen LogP contribution < -0.4 is 21.7 Å². The summed E-state index contributed by atoms with van der Waals surface area (Å²) >= 11 is 0. The van der Waals surface area contributed by atoms with Crippen LogP contribution in [0.15, 0.2) is 64.6 Å². The second kappa shape index (κ2) is 7.62. The summed E-state index contributed by atoms with van der Waals surface area (Å²) in [5, 5.41) is 3.14. The number of rotatable bonds is 5. The Hall–Kier alpha value is -4.11. The van der Waals surface area contributed by atoms with Gasteiger partial charge in [-0.15, -0.1) is 0 Å². The van der Waals surface area contributed by atoms with Crippen molar-refractivity contribution in [1.29, 1.82) is 0 Å². The van der Waals surface area contributed by atoms with E-state index < -0.39 is 0 Å².